The Morgan fingerprint density at radius 2 is 2.00 bits per heavy atom. The molecule has 108 valence electrons. The van der Waals surface area contributed by atoms with E-state index in [-0.39, 0.29) is 16.4 Å². The van der Waals surface area contributed by atoms with Gasteiger partial charge in [0, 0.05) is 23.6 Å². The summed E-state index contributed by atoms with van der Waals surface area (Å²) in [7, 11) is 0. The van der Waals surface area contributed by atoms with E-state index < -0.39 is 10.8 Å². The van der Waals surface area contributed by atoms with Crippen LogP contribution < -0.4 is 5.32 Å². The van der Waals surface area contributed by atoms with Crippen molar-refractivity contribution in [3.63, 3.8) is 0 Å². The van der Waals surface area contributed by atoms with E-state index in [1.165, 1.54) is 18.2 Å². The molecule has 0 unspecified atom stereocenters. The average molecular weight is 325 g/mol. The van der Waals surface area contributed by atoms with Crippen LogP contribution in [0.5, 0.6) is 0 Å². The minimum Gasteiger partial charge on any atom is -0.320 e. The average Bonchev–Trinajstić information content (AvgIpc) is 2.49. The summed E-state index contributed by atoms with van der Waals surface area (Å²) in [6, 6.07) is 10.6. The standard InChI is InChI=1S/C14H10Cl2N2O3/c15-8-9-2-1-3-10(6-9)14(19)17-13-7-11(18(20)21)4-5-12(13)16/h1-7H,8H2,(H,17,19). The third-order valence-corrected chi connectivity index (χ3v) is 3.39. The molecule has 0 aliphatic rings. The molecule has 0 saturated carbocycles. The van der Waals surface area contributed by atoms with Crippen molar-refractivity contribution in [3.05, 3.63) is 68.7 Å². The van der Waals surface area contributed by atoms with Gasteiger partial charge in [-0.15, -0.1) is 11.6 Å². The number of anilines is 1. The van der Waals surface area contributed by atoms with Gasteiger partial charge in [-0.2, -0.15) is 0 Å². The van der Waals surface area contributed by atoms with Gasteiger partial charge in [0.05, 0.1) is 15.6 Å². The molecule has 0 bridgehead atoms. The number of nitro groups is 1. The summed E-state index contributed by atoms with van der Waals surface area (Å²) in [6.45, 7) is 0. The van der Waals surface area contributed by atoms with Crippen LogP contribution in [0.1, 0.15) is 15.9 Å². The molecule has 2 aromatic carbocycles. The molecule has 2 aromatic rings. The van der Waals surface area contributed by atoms with Gasteiger partial charge in [-0.3, -0.25) is 14.9 Å². The predicted molar refractivity (Wildman–Crippen MR) is 82.1 cm³/mol. The van der Waals surface area contributed by atoms with Crippen molar-refractivity contribution in [2.24, 2.45) is 0 Å². The maximum absolute atomic E-state index is 12.1. The van der Waals surface area contributed by atoms with Crippen LogP contribution in [0.2, 0.25) is 5.02 Å². The van der Waals surface area contributed by atoms with Crippen LogP contribution >= 0.6 is 23.2 Å². The fourth-order valence-electron chi connectivity index (χ4n) is 1.71. The fourth-order valence-corrected chi connectivity index (χ4v) is 2.04. The lowest BCUT2D eigenvalue weighted by atomic mass is 10.1. The molecule has 1 N–H and O–H groups in total. The SMILES string of the molecule is O=C(Nc1cc([N+](=O)[O-])ccc1Cl)c1cccc(CCl)c1. The molecular weight excluding hydrogens is 315 g/mol. The molecule has 0 radical (unpaired) electrons. The first kappa shape index (κ1) is 15.3. The topological polar surface area (TPSA) is 72.2 Å². The highest BCUT2D eigenvalue weighted by atomic mass is 35.5. The van der Waals surface area contributed by atoms with Gasteiger partial charge in [0.1, 0.15) is 0 Å². The Morgan fingerprint density at radius 1 is 1.24 bits per heavy atom. The lowest BCUT2D eigenvalue weighted by molar-refractivity contribution is -0.384. The number of hydrogen-bond acceptors (Lipinski definition) is 3. The van der Waals surface area contributed by atoms with Gasteiger partial charge in [0.15, 0.2) is 0 Å². The molecule has 0 fully saturated rings. The first-order chi connectivity index (χ1) is 10.0. The smallest absolute Gasteiger partial charge is 0.271 e. The largest absolute Gasteiger partial charge is 0.320 e. The summed E-state index contributed by atoms with van der Waals surface area (Å²) in [5, 5.41) is 13.5. The van der Waals surface area contributed by atoms with Crippen LogP contribution in [0, 0.1) is 10.1 Å². The molecule has 0 atom stereocenters. The number of nitrogens with one attached hydrogen (secondary N) is 1. The van der Waals surface area contributed by atoms with Crippen molar-refractivity contribution in [2.75, 3.05) is 5.32 Å². The highest BCUT2D eigenvalue weighted by molar-refractivity contribution is 6.34. The Bertz CT molecular complexity index is 704. The molecule has 0 aromatic heterocycles. The Hall–Kier alpha value is -2.11. The highest BCUT2D eigenvalue weighted by Crippen LogP contribution is 2.27. The Labute approximate surface area is 130 Å². The van der Waals surface area contributed by atoms with Crippen molar-refractivity contribution >= 4 is 40.5 Å². The number of carbonyl (C=O) groups excluding carboxylic acids is 1. The van der Waals surface area contributed by atoms with Crippen LogP contribution in [0.3, 0.4) is 0 Å². The van der Waals surface area contributed by atoms with Crippen LogP contribution in [-0.4, -0.2) is 10.8 Å². The van der Waals surface area contributed by atoms with E-state index in [2.05, 4.69) is 5.32 Å². The summed E-state index contributed by atoms with van der Waals surface area (Å²) < 4.78 is 0. The molecule has 7 heteroatoms. The number of carbonyl (C=O) groups is 1. The Morgan fingerprint density at radius 3 is 2.67 bits per heavy atom. The normalized spacial score (nSPS) is 10.2. The van der Waals surface area contributed by atoms with Crippen LogP contribution in [0.15, 0.2) is 42.5 Å². The van der Waals surface area contributed by atoms with Gasteiger partial charge in [-0.05, 0) is 23.8 Å². The summed E-state index contributed by atoms with van der Waals surface area (Å²) in [4.78, 5) is 22.3. The maximum atomic E-state index is 12.1. The summed E-state index contributed by atoms with van der Waals surface area (Å²) >= 11 is 11.6. The number of halogens is 2. The minimum atomic E-state index is -0.555. The van der Waals surface area contributed by atoms with E-state index >= 15 is 0 Å². The van der Waals surface area contributed by atoms with Gasteiger partial charge in [-0.25, -0.2) is 0 Å². The molecule has 1 amide bonds. The van der Waals surface area contributed by atoms with Crippen molar-refractivity contribution in [1.29, 1.82) is 0 Å². The van der Waals surface area contributed by atoms with Gasteiger partial charge in [0.2, 0.25) is 0 Å². The number of nitro benzene ring substituents is 1. The number of hydrogen-bond donors (Lipinski definition) is 1. The zero-order chi connectivity index (χ0) is 15.4. The highest BCUT2D eigenvalue weighted by Gasteiger charge is 2.13. The monoisotopic (exact) mass is 324 g/mol. The molecule has 0 spiro atoms. The van der Waals surface area contributed by atoms with Gasteiger partial charge in [0.25, 0.3) is 11.6 Å². The van der Waals surface area contributed by atoms with Crippen LogP contribution in [0.4, 0.5) is 11.4 Å². The van der Waals surface area contributed by atoms with E-state index in [1.807, 2.05) is 0 Å². The number of non-ortho nitro benzene ring substituents is 1. The van der Waals surface area contributed by atoms with Crippen LogP contribution in [-0.2, 0) is 5.88 Å². The van der Waals surface area contributed by atoms with Crippen LogP contribution in [0.25, 0.3) is 0 Å². The molecule has 0 saturated heterocycles. The molecule has 0 heterocycles. The molecule has 21 heavy (non-hydrogen) atoms. The van der Waals surface area contributed by atoms with Crippen molar-refractivity contribution in [2.45, 2.75) is 5.88 Å². The van der Waals surface area contributed by atoms with E-state index in [1.54, 1.807) is 24.3 Å². The second-order valence-electron chi connectivity index (χ2n) is 4.21. The third-order valence-electron chi connectivity index (χ3n) is 2.75. The number of rotatable bonds is 4. The zero-order valence-corrected chi connectivity index (χ0v) is 12.2. The van der Waals surface area contributed by atoms with Gasteiger partial charge >= 0.3 is 0 Å². The number of alkyl halides is 1. The summed E-state index contributed by atoms with van der Waals surface area (Å²) in [6.07, 6.45) is 0. The quantitative estimate of drug-likeness (QED) is 0.519. The Balaban J connectivity index is 2.26. The summed E-state index contributed by atoms with van der Waals surface area (Å²) in [5.74, 6) is -0.122. The second kappa shape index (κ2) is 6.56. The lowest BCUT2D eigenvalue weighted by Gasteiger charge is -2.08. The van der Waals surface area contributed by atoms with E-state index in [0.29, 0.717) is 11.4 Å². The van der Waals surface area contributed by atoms with Gasteiger partial charge in [-0.1, -0.05) is 23.7 Å². The minimum absolute atomic E-state index is 0.149. The third kappa shape index (κ3) is 3.71. The number of amides is 1. The van der Waals surface area contributed by atoms with E-state index in [4.69, 9.17) is 23.2 Å². The van der Waals surface area contributed by atoms with Crippen molar-refractivity contribution in [1.82, 2.24) is 0 Å². The number of benzene rings is 2. The zero-order valence-electron chi connectivity index (χ0n) is 10.7. The fraction of sp³-hybridized carbons (Fsp3) is 0.0714. The van der Waals surface area contributed by atoms with E-state index in [9.17, 15) is 14.9 Å². The first-order valence-corrected chi connectivity index (χ1v) is 6.82. The first-order valence-electron chi connectivity index (χ1n) is 5.91. The maximum Gasteiger partial charge on any atom is 0.271 e. The van der Waals surface area contributed by atoms with Crippen molar-refractivity contribution < 1.29 is 9.72 Å². The Kier molecular flexibility index (Phi) is 4.77. The molecule has 0 aliphatic carbocycles. The van der Waals surface area contributed by atoms with Gasteiger partial charge < -0.3 is 5.32 Å². The second-order valence-corrected chi connectivity index (χ2v) is 4.88. The van der Waals surface area contributed by atoms with E-state index in [0.717, 1.165) is 5.56 Å². The van der Waals surface area contributed by atoms with Crippen molar-refractivity contribution in [3.8, 4) is 0 Å². The molecule has 5 nitrogen and oxygen atoms in total. The summed E-state index contributed by atoms with van der Waals surface area (Å²) in [5.41, 5.74) is 1.24. The lowest BCUT2D eigenvalue weighted by Crippen LogP contribution is -2.12. The predicted octanol–water partition coefficient (Wildman–Crippen LogP) is 4.24. The number of nitrogens with zero attached hydrogens (tertiary/aromatic N) is 1. The molecular formula is C14H10Cl2N2O3. The molecule has 0 aliphatic heterocycles. The molecule has 2 rings (SSSR count).